The molecule has 1 saturated heterocycles. The lowest BCUT2D eigenvalue weighted by Crippen LogP contribution is -3.00. The summed E-state index contributed by atoms with van der Waals surface area (Å²) in [6.07, 6.45) is 0. The van der Waals surface area contributed by atoms with Crippen LogP contribution in [0.3, 0.4) is 0 Å². The van der Waals surface area contributed by atoms with Crippen molar-refractivity contribution >= 4 is 0 Å². The molecule has 0 saturated carbocycles. The SMILES string of the molecule is CC(C)C(O)(c1ccccc1)C(CN1CCOCC1)c1ccccc1.[Cl-]. The summed E-state index contributed by atoms with van der Waals surface area (Å²) in [4.78, 5) is 2.41. The Bertz CT molecular complexity index is 644. The average molecular weight is 375 g/mol. The van der Waals surface area contributed by atoms with Gasteiger partial charge >= 0.3 is 0 Å². The van der Waals surface area contributed by atoms with Crippen LogP contribution < -0.4 is 12.4 Å². The number of halogens is 1. The van der Waals surface area contributed by atoms with Crippen LogP contribution in [-0.4, -0.2) is 42.9 Å². The maximum absolute atomic E-state index is 11.9. The first-order valence-corrected chi connectivity index (χ1v) is 9.25. The average Bonchev–Trinajstić information content (AvgIpc) is 2.67. The number of nitrogens with zero attached hydrogens (tertiary/aromatic N) is 1. The van der Waals surface area contributed by atoms with Crippen molar-refractivity contribution < 1.29 is 22.3 Å². The Hall–Kier alpha value is -1.39. The van der Waals surface area contributed by atoms with E-state index < -0.39 is 5.60 Å². The lowest BCUT2D eigenvalue weighted by molar-refractivity contribution is -0.0547. The van der Waals surface area contributed by atoms with Gasteiger partial charge in [0.2, 0.25) is 0 Å². The van der Waals surface area contributed by atoms with Crippen molar-refractivity contribution in [3.05, 3.63) is 71.8 Å². The largest absolute Gasteiger partial charge is 1.00 e. The van der Waals surface area contributed by atoms with Gasteiger partial charge in [0, 0.05) is 25.6 Å². The molecule has 0 spiro atoms. The third-order valence-corrected chi connectivity index (χ3v) is 5.39. The van der Waals surface area contributed by atoms with E-state index in [0.29, 0.717) is 0 Å². The van der Waals surface area contributed by atoms with Crippen LogP contribution in [0.5, 0.6) is 0 Å². The van der Waals surface area contributed by atoms with Crippen LogP contribution in [0.1, 0.15) is 30.9 Å². The van der Waals surface area contributed by atoms with Crippen LogP contribution in [0.25, 0.3) is 0 Å². The normalized spacial score (nSPS) is 18.8. The fourth-order valence-corrected chi connectivity index (χ4v) is 3.87. The number of hydrogen-bond donors (Lipinski definition) is 1. The Balaban J connectivity index is 0.00000243. The van der Waals surface area contributed by atoms with Crippen molar-refractivity contribution in [2.75, 3.05) is 32.8 Å². The number of benzene rings is 2. The van der Waals surface area contributed by atoms with Crippen LogP contribution in [-0.2, 0) is 10.3 Å². The van der Waals surface area contributed by atoms with E-state index in [9.17, 15) is 5.11 Å². The highest BCUT2D eigenvalue weighted by atomic mass is 35.5. The van der Waals surface area contributed by atoms with E-state index in [0.717, 1.165) is 38.4 Å². The number of hydrogen-bond acceptors (Lipinski definition) is 3. The molecule has 2 aromatic rings. The summed E-state index contributed by atoms with van der Waals surface area (Å²) < 4.78 is 5.50. The molecule has 2 unspecified atom stereocenters. The predicted molar refractivity (Wildman–Crippen MR) is 102 cm³/mol. The monoisotopic (exact) mass is 374 g/mol. The van der Waals surface area contributed by atoms with Crippen molar-refractivity contribution in [1.82, 2.24) is 4.90 Å². The highest BCUT2D eigenvalue weighted by Crippen LogP contribution is 2.43. The van der Waals surface area contributed by atoms with Gasteiger partial charge in [-0.2, -0.15) is 0 Å². The second kappa shape index (κ2) is 9.52. The molecule has 1 aliphatic heterocycles. The number of aliphatic hydroxyl groups is 1. The highest BCUT2D eigenvalue weighted by Gasteiger charge is 2.42. The second-order valence-corrected chi connectivity index (χ2v) is 7.22. The topological polar surface area (TPSA) is 32.7 Å². The molecule has 2 aromatic carbocycles. The molecule has 26 heavy (non-hydrogen) atoms. The number of morpholine rings is 1. The molecule has 3 rings (SSSR count). The number of rotatable bonds is 6. The maximum atomic E-state index is 11.9. The van der Waals surface area contributed by atoms with Crippen molar-refractivity contribution in [2.24, 2.45) is 5.92 Å². The van der Waals surface area contributed by atoms with Crippen LogP contribution in [0.2, 0.25) is 0 Å². The zero-order valence-corrected chi connectivity index (χ0v) is 16.4. The van der Waals surface area contributed by atoms with Gasteiger partial charge in [-0.25, -0.2) is 0 Å². The standard InChI is InChI=1S/C22H29NO2.ClH/c1-18(2)22(24,20-11-7-4-8-12-20)21(19-9-5-3-6-10-19)17-23-13-15-25-16-14-23;/h3-12,18,21,24H,13-17H2,1-2H3;1H/p-1. The summed E-state index contributed by atoms with van der Waals surface area (Å²) in [6, 6.07) is 20.6. The summed E-state index contributed by atoms with van der Waals surface area (Å²) in [5.74, 6) is 0.107. The minimum absolute atomic E-state index is 0. The Morgan fingerprint density at radius 3 is 2.04 bits per heavy atom. The van der Waals surface area contributed by atoms with Gasteiger partial charge in [-0.1, -0.05) is 74.5 Å². The van der Waals surface area contributed by atoms with Gasteiger partial charge in [0.25, 0.3) is 0 Å². The molecular weight excluding hydrogens is 346 g/mol. The van der Waals surface area contributed by atoms with E-state index in [-0.39, 0.29) is 24.2 Å². The predicted octanol–water partition coefficient (Wildman–Crippen LogP) is 0.650. The molecule has 0 aliphatic carbocycles. The molecule has 1 fully saturated rings. The molecule has 2 atom stereocenters. The molecule has 0 amide bonds. The molecule has 1 heterocycles. The van der Waals surface area contributed by atoms with Crippen LogP contribution in [0.4, 0.5) is 0 Å². The van der Waals surface area contributed by atoms with E-state index in [4.69, 9.17) is 4.74 Å². The minimum Gasteiger partial charge on any atom is -1.00 e. The third kappa shape index (κ3) is 4.47. The van der Waals surface area contributed by atoms with Crippen LogP contribution >= 0.6 is 0 Å². The van der Waals surface area contributed by atoms with Crippen molar-refractivity contribution in [2.45, 2.75) is 25.4 Å². The summed E-state index contributed by atoms with van der Waals surface area (Å²) in [7, 11) is 0. The number of ether oxygens (including phenoxy) is 1. The summed E-state index contributed by atoms with van der Waals surface area (Å²) in [6.45, 7) is 8.44. The first-order valence-electron chi connectivity index (χ1n) is 9.25. The zero-order chi connectivity index (χ0) is 17.7. The Morgan fingerprint density at radius 2 is 1.50 bits per heavy atom. The summed E-state index contributed by atoms with van der Waals surface area (Å²) >= 11 is 0. The van der Waals surface area contributed by atoms with E-state index >= 15 is 0 Å². The third-order valence-electron chi connectivity index (χ3n) is 5.39. The molecule has 0 aromatic heterocycles. The molecule has 0 bridgehead atoms. The van der Waals surface area contributed by atoms with E-state index in [1.807, 2.05) is 24.3 Å². The van der Waals surface area contributed by atoms with E-state index in [2.05, 4.69) is 55.1 Å². The Morgan fingerprint density at radius 1 is 0.962 bits per heavy atom. The molecule has 1 N–H and O–H groups in total. The summed E-state index contributed by atoms with van der Waals surface area (Å²) in [5, 5.41) is 11.9. The maximum Gasteiger partial charge on any atom is 0.0999 e. The van der Waals surface area contributed by atoms with Crippen molar-refractivity contribution in [3.8, 4) is 0 Å². The fourth-order valence-electron chi connectivity index (χ4n) is 3.87. The first kappa shape index (κ1) is 20.9. The zero-order valence-electron chi connectivity index (χ0n) is 15.6. The minimum atomic E-state index is -0.916. The van der Waals surface area contributed by atoms with Crippen LogP contribution in [0.15, 0.2) is 60.7 Å². The van der Waals surface area contributed by atoms with Crippen molar-refractivity contribution in [1.29, 1.82) is 0 Å². The van der Waals surface area contributed by atoms with Crippen LogP contribution in [0, 0.1) is 5.92 Å². The van der Waals surface area contributed by atoms with Gasteiger partial charge in [-0.3, -0.25) is 4.90 Å². The highest BCUT2D eigenvalue weighted by molar-refractivity contribution is 5.32. The Labute approximate surface area is 163 Å². The molecule has 4 heteroatoms. The van der Waals surface area contributed by atoms with E-state index in [1.54, 1.807) is 0 Å². The van der Waals surface area contributed by atoms with Gasteiger partial charge in [0.1, 0.15) is 0 Å². The van der Waals surface area contributed by atoms with Gasteiger partial charge in [0.05, 0.1) is 18.8 Å². The van der Waals surface area contributed by atoms with Gasteiger partial charge < -0.3 is 22.3 Å². The lowest BCUT2D eigenvalue weighted by Gasteiger charge is -2.43. The Kier molecular flexibility index (Phi) is 7.66. The molecule has 3 nitrogen and oxygen atoms in total. The van der Waals surface area contributed by atoms with Crippen molar-refractivity contribution in [3.63, 3.8) is 0 Å². The molecule has 1 aliphatic rings. The van der Waals surface area contributed by atoms with Gasteiger partial charge in [-0.15, -0.1) is 0 Å². The summed E-state index contributed by atoms with van der Waals surface area (Å²) in [5.41, 5.74) is 1.27. The fraction of sp³-hybridized carbons (Fsp3) is 0.455. The molecule has 142 valence electrons. The van der Waals surface area contributed by atoms with Gasteiger partial charge in [0.15, 0.2) is 0 Å². The quantitative estimate of drug-likeness (QED) is 0.806. The van der Waals surface area contributed by atoms with E-state index in [1.165, 1.54) is 5.56 Å². The molecule has 0 radical (unpaired) electrons. The first-order chi connectivity index (χ1) is 12.1. The smallest absolute Gasteiger partial charge is 0.0999 e. The molecular formula is C22H29ClNO2-. The second-order valence-electron chi connectivity index (χ2n) is 7.22. The lowest BCUT2D eigenvalue weighted by atomic mass is 9.70. The van der Waals surface area contributed by atoms with Gasteiger partial charge in [-0.05, 0) is 17.0 Å².